The molecule has 0 spiro atoms. The highest BCUT2D eigenvalue weighted by molar-refractivity contribution is 6.11. The molecule has 1 heterocycles. The van der Waals surface area contributed by atoms with Crippen LogP contribution in [0.15, 0.2) is 35.2 Å². The number of nitrogens with zero attached hydrogens (tertiary/aromatic N) is 2. The molecule has 20 heavy (non-hydrogen) atoms. The van der Waals surface area contributed by atoms with Crippen molar-refractivity contribution in [1.29, 1.82) is 0 Å². The van der Waals surface area contributed by atoms with Gasteiger partial charge in [0.1, 0.15) is 11.8 Å². The average molecular weight is 286 g/mol. The first-order chi connectivity index (χ1) is 9.30. The number of nitro groups is 1. The Kier molecular flexibility index (Phi) is 3.26. The van der Waals surface area contributed by atoms with Crippen LogP contribution in [0.1, 0.15) is 21.5 Å². The van der Waals surface area contributed by atoms with Gasteiger partial charge in [-0.15, -0.1) is 0 Å². The lowest BCUT2D eigenvalue weighted by Crippen LogP contribution is -2.09. The average Bonchev–Trinajstić information content (AvgIpc) is 2.89. The first-order valence-electron chi connectivity index (χ1n) is 5.10. The quantitative estimate of drug-likeness (QED) is 0.492. The van der Waals surface area contributed by atoms with Crippen LogP contribution >= 0.6 is 0 Å². The molecular formula is C11H5F3N2O4. The Hall–Kier alpha value is -2.71. The molecule has 0 aliphatic rings. The topological polar surface area (TPSA) is 86.2 Å². The van der Waals surface area contributed by atoms with Crippen molar-refractivity contribution >= 4 is 11.5 Å². The number of nitro benzene ring substituents is 1. The Bertz CT molecular complexity index is 665. The number of ketones is 1. The number of halogens is 3. The second-order valence-corrected chi connectivity index (χ2v) is 3.73. The molecule has 0 aliphatic carbocycles. The lowest BCUT2D eigenvalue weighted by Gasteiger charge is -2.07. The van der Waals surface area contributed by atoms with E-state index in [0.717, 1.165) is 18.5 Å². The SMILES string of the molecule is O=C(c1cnoc1)c1ccc(C(F)(F)F)cc1[N+](=O)[O-]. The zero-order chi connectivity index (χ0) is 14.9. The molecule has 0 radical (unpaired) electrons. The molecule has 1 aromatic carbocycles. The van der Waals surface area contributed by atoms with Crippen LogP contribution in [0.5, 0.6) is 0 Å². The molecule has 0 saturated heterocycles. The smallest absolute Gasteiger partial charge is 0.364 e. The zero-order valence-corrected chi connectivity index (χ0v) is 9.55. The molecule has 1 aromatic heterocycles. The summed E-state index contributed by atoms with van der Waals surface area (Å²) in [7, 11) is 0. The van der Waals surface area contributed by atoms with E-state index in [9.17, 15) is 28.1 Å². The third kappa shape index (κ3) is 2.51. The Balaban J connectivity index is 2.54. The number of benzene rings is 1. The van der Waals surface area contributed by atoms with Crippen LogP contribution in [-0.4, -0.2) is 15.9 Å². The van der Waals surface area contributed by atoms with Gasteiger partial charge in [0.2, 0.25) is 5.78 Å². The normalized spacial score (nSPS) is 11.3. The highest BCUT2D eigenvalue weighted by Crippen LogP contribution is 2.33. The molecule has 0 aliphatic heterocycles. The second kappa shape index (κ2) is 4.76. The van der Waals surface area contributed by atoms with Crippen LogP contribution in [0, 0.1) is 10.1 Å². The second-order valence-electron chi connectivity index (χ2n) is 3.73. The molecule has 0 saturated carbocycles. The Morgan fingerprint density at radius 3 is 2.55 bits per heavy atom. The summed E-state index contributed by atoms with van der Waals surface area (Å²) in [6.45, 7) is 0. The van der Waals surface area contributed by atoms with E-state index >= 15 is 0 Å². The van der Waals surface area contributed by atoms with Gasteiger partial charge in [0.15, 0.2) is 0 Å². The summed E-state index contributed by atoms with van der Waals surface area (Å²) in [6, 6.07) is 1.69. The fraction of sp³-hybridized carbons (Fsp3) is 0.0909. The lowest BCUT2D eigenvalue weighted by atomic mass is 10.0. The predicted molar refractivity (Wildman–Crippen MR) is 58.0 cm³/mol. The number of aromatic nitrogens is 1. The van der Waals surface area contributed by atoms with Crippen molar-refractivity contribution in [3.63, 3.8) is 0 Å². The van der Waals surface area contributed by atoms with E-state index in [4.69, 9.17) is 0 Å². The summed E-state index contributed by atoms with van der Waals surface area (Å²) in [4.78, 5) is 21.7. The highest BCUT2D eigenvalue weighted by Gasteiger charge is 2.34. The number of rotatable bonds is 3. The van der Waals surface area contributed by atoms with Gasteiger partial charge < -0.3 is 4.52 Å². The van der Waals surface area contributed by atoms with Crippen LogP contribution in [0.2, 0.25) is 0 Å². The number of carbonyl (C=O) groups excluding carboxylic acids is 1. The minimum Gasteiger partial charge on any atom is -0.364 e. The standard InChI is InChI=1S/C11H5F3N2O4/c12-11(13,14)7-1-2-8(9(3-7)16(18)19)10(17)6-4-15-20-5-6/h1-5H. The molecule has 0 fully saturated rings. The van der Waals surface area contributed by atoms with Crippen molar-refractivity contribution in [3.8, 4) is 0 Å². The predicted octanol–water partition coefficient (Wildman–Crippen LogP) is 2.83. The van der Waals surface area contributed by atoms with Crippen LogP contribution in [-0.2, 0) is 6.18 Å². The minimum absolute atomic E-state index is 0.0899. The molecule has 104 valence electrons. The lowest BCUT2D eigenvalue weighted by molar-refractivity contribution is -0.385. The van der Waals surface area contributed by atoms with Crippen molar-refractivity contribution in [3.05, 3.63) is 57.5 Å². The molecular weight excluding hydrogens is 281 g/mol. The maximum absolute atomic E-state index is 12.5. The van der Waals surface area contributed by atoms with E-state index in [1.807, 2.05) is 0 Å². The number of carbonyl (C=O) groups is 1. The van der Waals surface area contributed by atoms with Gasteiger partial charge in [0, 0.05) is 6.07 Å². The summed E-state index contributed by atoms with van der Waals surface area (Å²) in [5.41, 5.74) is -2.68. The van der Waals surface area contributed by atoms with Gasteiger partial charge in [-0.05, 0) is 12.1 Å². The molecule has 9 heteroatoms. The van der Waals surface area contributed by atoms with Crippen molar-refractivity contribution in [2.24, 2.45) is 0 Å². The van der Waals surface area contributed by atoms with Gasteiger partial charge in [0.05, 0.1) is 22.2 Å². The van der Waals surface area contributed by atoms with Gasteiger partial charge in [-0.25, -0.2) is 0 Å². The number of hydrogen-bond donors (Lipinski definition) is 0. The molecule has 0 atom stereocenters. The summed E-state index contributed by atoms with van der Waals surface area (Å²) in [5, 5.41) is 14.1. The third-order valence-electron chi connectivity index (χ3n) is 2.46. The summed E-state index contributed by atoms with van der Waals surface area (Å²) in [6.07, 6.45) is -2.77. The van der Waals surface area contributed by atoms with E-state index in [1.54, 1.807) is 0 Å². The van der Waals surface area contributed by atoms with E-state index in [-0.39, 0.29) is 5.56 Å². The van der Waals surface area contributed by atoms with Crippen LogP contribution in [0.3, 0.4) is 0 Å². The summed E-state index contributed by atoms with van der Waals surface area (Å²) >= 11 is 0. The van der Waals surface area contributed by atoms with Crippen molar-refractivity contribution < 1.29 is 27.4 Å². The molecule has 0 N–H and O–H groups in total. The zero-order valence-electron chi connectivity index (χ0n) is 9.55. The van der Waals surface area contributed by atoms with Crippen LogP contribution < -0.4 is 0 Å². The van der Waals surface area contributed by atoms with Gasteiger partial charge >= 0.3 is 6.18 Å². The highest BCUT2D eigenvalue weighted by atomic mass is 19.4. The molecule has 0 bridgehead atoms. The summed E-state index contributed by atoms with van der Waals surface area (Å²) < 4.78 is 41.9. The van der Waals surface area contributed by atoms with E-state index in [1.165, 1.54) is 0 Å². The Morgan fingerprint density at radius 2 is 2.05 bits per heavy atom. The minimum atomic E-state index is -4.73. The van der Waals surface area contributed by atoms with Gasteiger partial charge in [-0.1, -0.05) is 5.16 Å². The van der Waals surface area contributed by atoms with Gasteiger partial charge in [-0.2, -0.15) is 13.2 Å². The van der Waals surface area contributed by atoms with E-state index < -0.39 is 33.7 Å². The molecule has 0 amide bonds. The van der Waals surface area contributed by atoms with Crippen molar-refractivity contribution in [2.45, 2.75) is 6.18 Å². The molecule has 2 aromatic rings. The maximum atomic E-state index is 12.5. The van der Waals surface area contributed by atoms with Crippen molar-refractivity contribution in [1.82, 2.24) is 5.16 Å². The first-order valence-corrected chi connectivity index (χ1v) is 5.10. The Morgan fingerprint density at radius 1 is 1.35 bits per heavy atom. The van der Waals surface area contributed by atoms with Crippen LogP contribution in [0.4, 0.5) is 18.9 Å². The van der Waals surface area contributed by atoms with Crippen LogP contribution in [0.25, 0.3) is 0 Å². The fourth-order valence-corrected chi connectivity index (χ4v) is 1.52. The largest absolute Gasteiger partial charge is 0.416 e. The third-order valence-corrected chi connectivity index (χ3v) is 2.46. The van der Waals surface area contributed by atoms with Gasteiger partial charge in [-0.3, -0.25) is 14.9 Å². The van der Waals surface area contributed by atoms with E-state index in [0.29, 0.717) is 12.1 Å². The fourth-order valence-electron chi connectivity index (χ4n) is 1.52. The molecule has 6 nitrogen and oxygen atoms in total. The maximum Gasteiger partial charge on any atom is 0.416 e. The Labute approximate surface area is 108 Å². The summed E-state index contributed by atoms with van der Waals surface area (Å²) in [5.74, 6) is -0.841. The van der Waals surface area contributed by atoms with Gasteiger partial charge in [0.25, 0.3) is 5.69 Å². The first kappa shape index (κ1) is 13.7. The van der Waals surface area contributed by atoms with Crippen molar-refractivity contribution in [2.75, 3.05) is 0 Å². The number of hydrogen-bond acceptors (Lipinski definition) is 5. The monoisotopic (exact) mass is 286 g/mol. The van der Waals surface area contributed by atoms with E-state index in [2.05, 4.69) is 9.68 Å². The molecule has 0 unspecified atom stereocenters. The molecule has 2 rings (SSSR count). The number of alkyl halides is 3.